The highest BCUT2D eigenvalue weighted by atomic mass is 79.9. The predicted octanol–water partition coefficient (Wildman–Crippen LogP) is 2.36. The highest BCUT2D eigenvalue weighted by Crippen LogP contribution is 2.21. The van der Waals surface area contributed by atoms with Crippen molar-refractivity contribution in [2.75, 3.05) is 18.0 Å². The zero-order chi connectivity index (χ0) is 15.5. The Morgan fingerprint density at radius 2 is 2.41 bits per heavy atom. The molecule has 1 unspecified atom stereocenters. The Balaban J connectivity index is 1.64. The lowest BCUT2D eigenvalue weighted by molar-refractivity contribution is 0.419. The number of halogens is 1. The SMILES string of the molecule is Cn1ccnc(N2CCCC(NCc3csc(Br)c3)C2)c1=O. The van der Waals surface area contributed by atoms with Gasteiger partial charge in [0, 0.05) is 45.1 Å². The molecular formula is C15H19BrN4OS. The van der Waals surface area contributed by atoms with Crippen molar-refractivity contribution in [2.45, 2.75) is 25.4 Å². The van der Waals surface area contributed by atoms with Crippen LogP contribution in [0.3, 0.4) is 0 Å². The molecule has 0 aliphatic carbocycles. The van der Waals surface area contributed by atoms with Crippen LogP contribution in [0.25, 0.3) is 0 Å². The normalized spacial score (nSPS) is 18.6. The maximum absolute atomic E-state index is 12.2. The lowest BCUT2D eigenvalue weighted by Crippen LogP contribution is -2.47. The molecule has 118 valence electrons. The van der Waals surface area contributed by atoms with Crippen LogP contribution in [-0.4, -0.2) is 28.7 Å². The van der Waals surface area contributed by atoms with Crippen molar-refractivity contribution in [3.8, 4) is 0 Å². The Morgan fingerprint density at radius 3 is 3.18 bits per heavy atom. The summed E-state index contributed by atoms with van der Waals surface area (Å²) in [6.45, 7) is 2.59. The minimum atomic E-state index is -0.0232. The molecule has 1 fully saturated rings. The molecule has 1 aliphatic rings. The van der Waals surface area contributed by atoms with Crippen LogP contribution in [0.5, 0.6) is 0 Å². The van der Waals surface area contributed by atoms with Crippen LogP contribution in [0, 0.1) is 0 Å². The molecule has 1 aliphatic heterocycles. The summed E-state index contributed by atoms with van der Waals surface area (Å²) in [6.07, 6.45) is 5.59. The summed E-state index contributed by atoms with van der Waals surface area (Å²) in [7, 11) is 1.77. The molecule has 3 rings (SSSR count). The summed E-state index contributed by atoms with van der Waals surface area (Å²) >= 11 is 5.19. The molecule has 1 atom stereocenters. The molecule has 1 saturated heterocycles. The number of thiophene rings is 1. The first-order chi connectivity index (χ1) is 10.6. The van der Waals surface area contributed by atoms with E-state index in [1.165, 1.54) is 5.56 Å². The first kappa shape index (κ1) is 15.7. The highest BCUT2D eigenvalue weighted by molar-refractivity contribution is 9.11. The Bertz CT molecular complexity index is 699. The summed E-state index contributed by atoms with van der Waals surface area (Å²) < 4.78 is 2.74. The smallest absolute Gasteiger partial charge is 0.293 e. The Morgan fingerprint density at radius 1 is 1.55 bits per heavy atom. The number of hydrogen-bond acceptors (Lipinski definition) is 5. The molecule has 0 aromatic carbocycles. The monoisotopic (exact) mass is 382 g/mol. The van der Waals surface area contributed by atoms with Crippen LogP contribution in [0.2, 0.25) is 0 Å². The number of nitrogens with zero attached hydrogens (tertiary/aromatic N) is 3. The third kappa shape index (κ3) is 3.59. The third-order valence-corrected chi connectivity index (χ3v) is 5.49. The third-order valence-electron chi connectivity index (χ3n) is 3.94. The van der Waals surface area contributed by atoms with Crippen LogP contribution < -0.4 is 15.8 Å². The molecule has 5 nitrogen and oxygen atoms in total. The second-order valence-electron chi connectivity index (χ2n) is 5.59. The molecule has 22 heavy (non-hydrogen) atoms. The molecular weight excluding hydrogens is 364 g/mol. The molecule has 0 bridgehead atoms. The topological polar surface area (TPSA) is 50.2 Å². The second-order valence-corrected chi connectivity index (χ2v) is 7.88. The molecule has 3 heterocycles. The predicted molar refractivity (Wildman–Crippen MR) is 93.6 cm³/mol. The summed E-state index contributed by atoms with van der Waals surface area (Å²) in [5.41, 5.74) is 1.27. The van der Waals surface area contributed by atoms with E-state index in [-0.39, 0.29) is 5.56 Å². The van der Waals surface area contributed by atoms with Gasteiger partial charge >= 0.3 is 0 Å². The van der Waals surface area contributed by atoms with E-state index < -0.39 is 0 Å². The molecule has 0 amide bonds. The van der Waals surface area contributed by atoms with Crippen molar-refractivity contribution >= 4 is 33.1 Å². The zero-order valence-electron chi connectivity index (χ0n) is 12.5. The van der Waals surface area contributed by atoms with Gasteiger partial charge in [-0.2, -0.15) is 0 Å². The lowest BCUT2D eigenvalue weighted by Gasteiger charge is -2.33. The van der Waals surface area contributed by atoms with Crippen molar-refractivity contribution in [1.82, 2.24) is 14.9 Å². The number of nitrogens with one attached hydrogen (secondary N) is 1. The van der Waals surface area contributed by atoms with Crippen molar-refractivity contribution in [3.63, 3.8) is 0 Å². The highest BCUT2D eigenvalue weighted by Gasteiger charge is 2.22. The molecule has 0 spiro atoms. The van der Waals surface area contributed by atoms with Crippen LogP contribution >= 0.6 is 27.3 Å². The van der Waals surface area contributed by atoms with Gasteiger partial charge in [0.2, 0.25) is 0 Å². The molecule has 2 aromatic rings. The standard InChI is InChI=1S/C15H19BrN4OS/c1-19-6-4-17-14(15(19)21)20-5-2-3-12(9-20)18-8-11-7-13(16)22-10-11/h4,6-7,10,12,18H,2-3,5,8-9H2,1H3. The molecule has 2 aromatic heterocycles. The van der Waals surface area contributed by atoms with Crippen molar-refractivity contribution in [2.24, 2.45) is 7.05 Å². The van der Waals surface area contributed by atoms with Gasteiger partial charge in [0.1, 0.15) is 0 Å². The number of piperidine rings is 1. The van der Waals surface area contributed by atoms with Crippen LogP contribution in [0.15, 0.2) is 32.4 Å². The van der Waals surface area contributed by atoms with E-state index in [0.29, 0.717) is 11.9 Å². The van der Waals surface area contributed by atoms with Gasteiger partial charge in [0.15, 0.2) is 5.82 Å². The maximum Gasteiger partial charge on any atom is 0.293 e. The van der Waals surface area contributed by atoms with E-state index in [0.717, 1.165) is 36.3 Å². The van der Waals surface area contributed by atoms with E-state index in [9.17, 15) is 4.79 Å². The summed E-state index contributed by atoms with van der Waals surface area (Å²) in [5, 5.41) is 5.75. The Kier molecular flexibility index (Phi) is 4.95. The van der Waals surface area contributed by atoms with E-state index in [4.69, 9.17) is 0 Å². The summed E-state index contributed by atoms with van der Waals surface area (Å²) in [6, 6.07) is 2.53. The zero-order valence-corrected chi connectivity index (χ0v) is 14.9. The second kappa shape index (κ2) is 6.93. The largest absolute Gasteiger partial charge is 0.350 e. The quantitative estimate of drug-likeness (QED) is 0.881. The first-order valence-electron chi connectivity index (χ1n) is 7.36. The number of aryl methyl sites for hydroxylation is 1. The van der Waals surface area contributed by atoms with Crippen molar-refractivity contribution in [3.05, 3.63) is 43.5 Å². The van der Waals surface area contributed by atoms with E-state index in [1.807, 2.05) is 0 Å². The molecule has 7 heteroatoms. The van der Waals surface area contributed by atoms with Crippen molar-refractivity contribution < 1.29 is 0 Å². The van der Waals surface area contributed by atoms with Crippen molar-refractivity contribution in [1.29, 1.82) is 0 Å². The lowest BCUT2D eigenvalue weighted by atomic mass is 10.1. The van der Waals surface area contributed by atoms with Crippen LogP contribution in [-0.2, 0) is 13.6 Å². The average molecular weight is 383 g/mol. The Hall–Kier alpha value is -1.18. The van der Waals surface area contributed by atoms with Gasteiger partial charge < -0.3 is 14.8 Å². The van der Waals surface area contributed by atoms with E-state index >= 15 is 0 Å². The summed E-state index contributed by atoms with van der Waals surface area (Å²) in [4.78, 5) is 18.6. The van der Waals surface area contributed by atoms with E-state index in [1.54, 1.807) is 35.3 Å². The fraction of sp³-hybridized carbons (Fsp3) is 0.467. The fourth-order valence-corrected chi connectivity index (χ4v) is 3.95. The molecule has 0 saturated carbocycles. The maximum atomic E-state index is 12.2. The molecule has 0 radical (unpaired) electrons. The average Bonchev–Trinajstić information content (AvgIpc) is 2.94. The van der Waals surface area contributed by atoms with Gasteiger partial charge in [-0.1, -0.05) is 0 Å². The number of hydrogen-bond donors (Lipinski definition) is 1. The van der Waals surface area contributed by atoms with Crippen LogP contribution in [0.4, 0.5) is 5.82 Å². The van der Waals surface area contributed by atoms with Gasteiger partial charge in [-0.05, 0) is 45.8 Å². The number of rotatable bonds is 4. The molecule has 1 N–H and O–H groups in total. The Labute approximate surface area is 142 Å². The number of anilines is 1. The van der Waals surface area contributed by atoms with E-state index in [2.05, 4.69) is 42.6 Å². The summed E-state index contributed by atoms with van der Waals surface area (Å²) in [5.74, 6) is 0.565. The minimum absolute atomic E-state index is 0.0232. The van der Waals surface area contributed by atoms with Gasteiger partial charge in [0.25, 0.3) is 5.56 Å². The van der Waals surface area contributed by atoms with Gasteiger partial charge in [0.05, 0.1) is 3.79 Å². The van der Waals surface area contributed by atoms with Gasteiger partial charge in [-0.3, -0.25) is 4.79 Å². The first-order valence-corrected chi connectivity index (χ1v) is 9.03. The van der Waals surface area contributed by atoms with Gasteiger partial charge in [-0.15, -0.1) is 11.3 Å². The number of aromatic nitrogens is 2. The van der Waals surface area contributed by atoms with Crippen LogP contribution in [0.1, 0.15) is 18.4 Å². The minimum Gasteiger partial charge on any atom is -0.350 e. The van der Waals surface area contributed by atoms with Gasteiger partial charge in [-0.25, -0.2) is 4.98 Å². The fourth-order valence-electron chi connectivity index (χ4n) is 2.74.